The smallest absolute Gasteiger partial charge is 0.338 e. The van der Waals surface area contributed by atoms with Crippen LogP contribution in [0.3, 0.4) is 0 Å². The molecule has 0 radical (unpaired) electrons. The van der Waals surface area contributed by atoms with Gasteiger partial charge in [-0.15, -0.1) is 0 Å². The standard InChI is InChI=1S/C24H19FN2O5/c25-16-6-8-17(9-7-16)26-19(28)12-32-24(31)15-2-1-3-18(11-15)27-22(29)20-13-4-5-14(10-13)21(20)23(27)30/h1-9,11,13-14,20-21H,10,12H2,(H,26,28)/t13-,14-,20-,21-/m0/s1. The van der Waals surface area contributed by atoms with Crippen molar-refractivity contribution < 1.29 is 28.3 Å². The van der Waals surface area contributed by atoms with Gasteiger partial charge in [0.2, 0.25) is 11.8 Å². The number of ether oxygens (including phenoxy) is 1. The van der Waals surface area contributed by atoms with Gasteiger partial charge in [-0.1, -0.05) is 18.2 Å². The normalized spacial score (nSPS) is 25.2. The van der Waals surface area contributed by atoms with Crippen LogP contribution in [0.4, 0.5) is 15.8 Å². The number of benzene rings is 2. The molecule has 3 aliphatic rings. The number of carbonyl (C=O) groups is 4. The van der Waals surface area contributed by atoms with E-state index in [9.17, 15) is 23.6 Å². The minimum atomic E-state index is -0.762. The van der Waals surface area contributed by atoms with Crippen LogP contribution in [0.1, 0.15) is 16.8 Å². The van der Waals surface area contributed by atoms with Crippen LogP contribution in [0.15, 0.2) is 60.7 Å². The lowest BCUT2D eigenvalue weighted by atomic mass is 9.85. The lowest BCUT2D eigenvalue weighted by molar-refractivity contribution is -0.123. The molecule has 162 valence electrons. The first-order valence-corrected chi connectivity index (χ1v) is 10.3. The summed E-state index contributed by atoms with van der Waals surface area (Å²) < 4.78 is 18.0. The average molecular weight is 434 g/mol. The van der Waals surface area contributed by atoms with Gasteiger partial charge in [0.1, 0.15) is 5.82 Å². The Morgan fingerprint density at radius 2 is 1.66 bits per heavy atom. The van der Waals surface area contributed by atoms with E-state index in [1.54, 1.807) is 12.1 Å². The van der Waals surface area contributed by atoms with Gasteiger partial charge in [-0.05, 0) is 60.7 Å². The summed E-state index contributed by atoms with van der Waals surface area (Å²) in [5, 5.41) is 2.49. The third-order valence-electron chi connectivity index (χ3n) is 6.27. The van der Waals surface area contributed by atoms with Crippen molar-refractivity contribution in [3.05, 3.63) is 72.1 Å². The first-order valence-electron chi connectivity index (χ1n) is 10.3. The molecule has 2 aliphatic carbocycles. The highest BCUT2D eigenvalue weighted by molar-refractivity contribution is 6.23. The van der Waals surface area contributed by atoms with Crippen LogP contribution < -0.4 is 10.2 Å². The minimum Gasteiger partial charge on any atom is -0.452 e. The Labute approximate surface area is 182 Å². The largest absolute Gasteiger partial charge is 0.452 e. The Kier molecular flexibility index (Phi) is 4.84. The molecule has 8 heteroatoms. The zero-order chi connectivity index (χ0) is 22.4. The highest BCUT2D eigenvalue weighted by Gasteiger charge is 2.59. The van der Waals surface area contributed by atoms with E-state index in [-0.39, 0.29) is 41.0 Å². The Bertz CT molecular complexity index is 1130. The number of anilines is 2. The maximum absolute atomic E-state index is 13.0. The molecule has 2 bridgehead atoms. The molecule has 2 fully saturated rings. The lowest BCUT2D eigenvalue weighted by Crippen LogP contribution is -2.33. The molecule has 3 amide bonds. The van der Waals surface area contributed by atoms with Gasteiger partial charge in [0.25, 0.3) is 5.91 Å². The SMILES string of the molecule is O=C(COC(=O)c1cccc(N2C(=O)[C@@H]3[C@@H](C2=O)[C@H]2C=C[C@H]3C2)c1)Nc1ccc(F)cc1. The topological polar surface area (TPSA) is 92.8 Å². The van der Waals surface area contributed by atoms with Gasteiger partial charge in [0.05, 0.1) is 23.1 Å². The lowest BCUT2D eigenvalue weighted by Gasteiger charge is -2.18. The van der Waals surface area contributed by atoms with Crippen molar-refractivity contribution in [1.29, 1.82) is 0 Å². The van der Waals surface area contributed by atoms with Crippen LogP contribution >= 0.6 is 0 Å². The van der Waals surface area contributed by atoms with Gasteiger partial charge in [0, 0.05) is 5.69 Å². The number of carbonyl (C=O) groups excluding carboxylic acids is 4. The zero-order valence-corrected chi connectivity index (χ0v) is 16.9. The third-order valence-corrected chi connectivity index (χ3v) is 6.27. The number of nitrogens with one attached hydrogen (secondary N) is 1. The molecule has 5 rings (SSSR count). The molecular formula is C24H19FN2O5. The fraction of sp³-hybridized carbons (Fsp3) is 0.250. The van der Waals surface area contributed by atoms with Gasteiger partial charge in [-0.2, -0.15) is 0 Å². The molecule has 7 nitrogen and oxygen atoms in total. The van der Waals surface area contributed by atoms with Crippen molar-refractivity contribution in [1.82, 2.24) is 0 Å². The number of hydrogen-bond donors (Lipinski definition) is 1. The summed E-state index contributed by atoms with van der Waals surface area (Å²) in [7, 11) is 0. The number of fused-ring (bicyclic) bond motifs is 5. The molecule has 1 saturated heterocycles. The third kappa shape index (κ3) is 3.37. The number of imide groups is 1. The van der Waals surface area contributed by atoms with Crippen LogP contribution in [0.25, 0.3) is 0 Å². The number of amides is 3. The fourth-order valence-corrected chi connectivity index (χ4v) is 4.87. The second-order valence-corrected chi connectivity index (χ2v) is 8.19. The van der Waals surface area contributed by atoms with E-state index in [0.717, 1.165) is 6.42 Å². The molecule has 1 N–H and O–H groups in total. The molecule has 0 spiro atoms. The van der Waals surface area contributed by atoms with Crippen LogP contribution in [0.5, 0.6) is 0 Å². The number of hydrogen-bond acceptors (Lipinski definition) is 5. The van der Waals surface area contributed by atoms with Gasteiger partial charge in [-0.25, -0.2) is 14.1 Å². The van der Waals surface area contributed by atoms with Gasteiger partial charge >= 0.3 is 5.97 Å². The number of esters is 1. The van der Waals surface area contributed by atoms with E-state index in [1.165, 1.54) is 41.3 Å². The van der Waals surface area contributed by atoms with Crippen LogP contribution in [0.2, 0.25) is 0 Å². The number of nitrogens with zero attached hydrogens (tertiary/aromatic N) is 1. The quantitative estimate of drug-likeness (QED) is 0.444. The highest BCUT2D eigenvalue weighted by Crippen LogP contribution is 2.53. The molecule has 2 aromatic rings. The number of allylic oxidation sites excluding steroid dienone is 2. The maximum Gasteiger partial charge on any atom is 0.338 e. The predicted octanol–water partition coefficient (Wildman–Crippen LogP) is 2.93. The van der Waals surface area contributed by atoms with Crippen molar-refractivity contribution in [3.63, 3.8) is 0 Å². The van der Waals surface area contributed by atoms with Crippen LogP contribution in [-0.4, -0.2) is 30.3 Å². The van der Waals surface area contributed by atoms with E-state index in [4.69, 9.17) is 4.74 Å². The Balaban J connectivity index is 1.25. The maximum atomic E-state index is 13.0. The summed E-state index contributed by atoms with van der Waals surface area (Å²) in [6.45, 7) is -0.540. The Hall–Kier alpha value is -3.81. The molecule has 32 heavy (non-hydrogen) atoms. The summed E-state index contributed by atoms with van der Waals surface area (Å²) in [6, 6.07) is 11.2. The first-order chi connectivity index (χ1) is 15.4. The van der Waals surface area contributed by atoms with Crippen LogP contribution in [0, 0.1) is 29.5 Å². The van der Waals surface area contributed by atoms with E-state index >= 15 is 0 Å². The molecule has 1 heterocycles. The molecule has 1 saturated carbocycles. The summed E-state index contributed by atoms with van der Waals surface area (Å²) in [5.41, 5.74) is 0.810. The molecule has 0 aromatic heterocycles. The van der Waals surface area contributed by atoms with E-state index in [2.05, 4.69) is 5.32 Å². The average Bonchev–Trinajstić information content (AvgIpc) is 3.47. The van der Waals surface area contributed by atoms with Crippen molar-refractivity contribution in [2.24, 2.45) is 23.7 Å². The summed E-state index contributed by atoms with van der Waals surface area (Å²) in [5.74, 6) is -2.71. The van der Waals surface area contributed by atoms with Gasteiger partial charge < -0.3 is 10.1 Å². The van der Waals surface area contributed by atoms with E-state index in [0.29, 0.717) is 11.4 Å². The molecule has 2 aromatic carbocycles. The highest BCUT2D eigenvalue weighted by atomic mass is 19.1. The fourth-order valence-electron chi connectivity index (χ4n) is 4.87. The Morgan fingerprint density at radius 3 is 2.31 bits per heavy atom. The summed E-state index contributed by atoms with van der Waals surface area (Å²) in [4.78, 5) is 51.5. The minimum absolute atomic E-state index is 0.0965. The Morgan fingerprint density at radius 1 is 1.00 bits per heavy atom. The van der Waals surface area contributed by atoms with Crippen molar-refractivity contribution >= 4 is 35.1 Å². The molecule has 0 unspecified atom stereocenters. The van der Waals surface area contributed by atoms with Gasteiger partial charge in [0.15, 0.2) is 6.61 Å². The zero-order valence-electron chi connectivity index (χ0n) is 16.9. The second-order valence-electron chi connectivity index (χ2n) is 8.19. The van der Waals surface area contributed by atoms with Crippen LogP contribution in [-0.2, 0) is 19.1 Å². The van der Waals surface area contributed by atoms with Crippen molar-refractivity contribution in [3.8, 4) is 0 Å². The molecule has 1 aliphatic heterocycles. The monoisotopic (exact) mass is 434 g/mol. The van der Waals surface area contributed by atoms with Gasteiger partial charge in [-0.3, -0.25) is 14.4 Å². The second kappa shape index (κ2) is 7.71. The van der Waals surface area contributed by atoms with Crippen molar-refractivity contribution in [2.45, 2.75) is 6.42 Å². The number of halogens is 1. The molecular weight excluding hydrogens is 415 g/mol. The van der Waals surface area contributed by atoms with E-state index < -0.39 is 24.3 Å². The number of rotatable bonds is 5. The predicted molar refractivity (Wildman–Crippen MR) is 112 cm³/mol. The summed E-state index contributed by atoms with van der Waals surface area (Å²) in [6.07, 6.45) is 4.88. The van der Waals surface area contributed by atoms with E-state index in [1.807, 2.05) is 12.2 Å². The first kappa shape index (κ1) is 20.1. The summed E-state index contributed by atoms with van der Waals surface area (Å²) >= 11 is 0. The van der Waals surface area contributed by atoms with Crippen molar-refractivity contribution in [2.75, 3.05) is 16.8 Å². The molecule has 4 atom stereocenters.